The number of likely N-dealkylation sites (tertiary alicyclic amines) is 1. The zero-order valence-electron chi connectivity index (χ0n) is 9.95. The summed E-state index contributed by atoms with van der Waals surface area (Å²) < 4.78 is 0. The molecular weight excluding hydrogens is 190 g/mol. The fourth-order valence-electron chi connectivity index (χ4n) is 2.25. The lowest BCUT2D eigenvalue weighted by Gasteiger charge is -2.31. The van der Waals surface area contributed by atoms with E-state index in [0.29, 0.717) is 24.8 Å². The molecule has 0 N–H and O–H groups in total. The first kappa shape index (κ1) is 12.2. The molecule has 0 aromatic heterocycles. The van der Waals surface area contributed by atoms with Crippen molar-refractivity contribution in [3.8, 4) is 0 Å². The number of amides is 1. The minimum absolute atomic E-state index is 0.0747. The van der Waals surface area contributed by atoms with Crippen molar-refractivity contribution in [1.29, 1.82) is 0 Å². The van der Waals surface area contributed by atoms with Gasteiger partial charge in [0, 0.05) is 13.0 Å². The maximum atomic E-state index is 11.7. The van der Waals surface area contributed by atoms with E-state index in [0.717, 1.165) is 19.4 Å². The Kier molecular flexibility index (Phi) is 4.30. The van der Waals surface area contributed by atoms with Gasteiger partial charge in [0.25, 0.3) is 0 Å². The van der Waals surface area contributed by atoms with E-state index in [1.807, 2.05) is 0 Å². The van der Waals surface area contributed by atoms with Crippen LogP contribution in [0, 0.1) is 11.8 Å². The number of Topliss-reactive ketones (excluding diaryl/α,β-unsaturated/α-hetero) is 1. The smallest absolute Gasteiger partial charge is 0.223 e. The molecule has 1 amide bonds. The fourth-order valence-corrected chi connectivity index (χ4v) is 2.25. The van der Waals surface area contributed by atoms with Crippen molar-refractivity contribution in [2.24, 2.45) is 11.8 Å². The Labute approximate surface area is 91.8 Å². The molecule has 86 valence electrons. The molecule has 0 bridgehead atoms. The molecule has 1 rings (SSSR count). The third-order valence-electron chi connectivity index (χ3n) is 2.84. The summed E-state index contributed by atoms with van der Waals surface area (Å²) in [5.74, 6) is 1.41. The molecule has 0 aromatic rings. The monoisotopic (exact) mass is 211 g/mol. The Bertz CT molecular complexity index is 248. The minimum atomic E-state index is 0.0747. The lowest BCUT2D eigenvalue weighted by atomic mass is 9.88. The molecule has 0 saturated carbocycles. The quantitative estimate of drug-likeness (QED) is 0.711. The van der Waals surface area contributed by atoms with Gasteiger partial charge in [-0.15, -0.1) is 0 Å². The summed E-state index contributed by atoms with van der Waals surface area (Å²) in [5, 5.41) is 0. The maximum absolute atomic E-state index is 11.7. The summed E-state index contributed by atoms with van der Waals surface area (Å²) in [6, 6.07) is 0. The van der Waals surface area contributed by atoms with Gasteiger partial charge in [0.15, 0.2) is 0 Å². The van der Waals surface area contributed by atoms with Crippen molar-refractivity contribution < 1.29 is 9.59 Å². The van der Waals surface area contributed by atoms with Gasteiger partial charge in [-0.2, -0.15) is 0 Å². The van der Waals surface area contributed by atoms with Crippen LogP contribution < -0.4 is 0 Å². The number of hydrogen-bond donors (Lipinski definition) is 0. The van der Waals surface area contributed by atoms with Crippen LogP contribution in [0.15, 0.2) is 0 Å². The number of hydrogen-bond acceptors (Lipinski definition) is 2. The largest absolute Gasteiger partial charge is 0.335 e. The lowest BCUT2D eigenvalue weighted by molar-refractivity contribution is -0.138. The van der Waals surface area contributed by atoms with Crippen molar-refractivity contribution in [2.75, 3.05) is 13.1 Å². The van der Waals surface area contributed by atoms with E-state index in [4.69, 9.17) is 0 Å². The van der Waals surface area contributed by atoms with Crippen molar-refractivity contribution in [3.05, 3.63) is 0 Å². The second-order valence-electron chi connectivity index (χ2n) is 5.01. The van der Waals surface area contributed by atoms with Gasteiger partial charge >= 0.3 is 0 Å². The van der Waals surface area contributed by atoms with Crippen LogP contribution in [0.4, 0.5) is 0 Å². The molecule has 1 unspecified atom stereocenters. The Hall–Kier alpha value is -0.860. The van der Waals surface area contributed by atoms with E-state index in [1.165, 1.54) is 6.92 Å². The molecule has 3 heteroatoms. The van der Waals surface area contributed by atoms with E-state index >= 15 is 0 Å². The van der Waals surface area contributed by atoms with Gasteiger partial charge in [-0.3, -0.25) is 9.59 Å². The van der Waals surface area contributed by atoms with Crippen LogP contribution in [0.3, 0.4) is 0 Å². The van der Waals surface area contributed by atoms with Crippen molar-refractivity contribution in [1.82, 2.24) is 4.90 Å². The molecule has 1 saturated heterocycles. The highest BCUT2D eigenvalue weighted by atomic mass is 16.2. The lowest BCUT2D eigenvalue weighted by Crippen LogP contribution is -2.41. The van der Waals surface area contributed by atoms with E-state index in [1.54, 1.807) is 4.90 Å². The van der Waals surface area contributed by atoms with Gasteiger partial charge in [-0.25, -0.2) is 0 Å². The van der Waals surface area contributed by atoms with Crippen molar-refractivity contribution >= 4 is 11.7 Å². The first-order valence-corrected chi connectivity index (χ1v) is 5.76. The summed E-state index contributed by atoms with van der Waals surface area (Å²) in [6.45, 7) is 6.97. The van der Waals surface area contributed by atoms with Gasteiger partial charge in [0.05, 0.1) is 6.54 Å². The van der Waals surface area contributed by atoms with Gasteiger partial charge in [-0.05, 0) is 31.6 Å². The van der Waals surface area contributed by atoms with Gasteiger partial charge in [0.2, 0.25) is 5.91 Å². The molecule has 0 spiro atoms. The molecule has 15 heavy (non-hydrogen) atoms. The summed E-state index contributed by atoms with van der Waals surface area (Å²) >= 11 is 0. The molecule has 0 aliphatic carbocycles. The zero-order chi connectivity index (χ0) is 11.4. The van der Waals surface area contributed by atoms with E-state index in [2.05, 4.69) is 13.8 Å². The van der Waals surface area contributed by atoms with Crippen LogP contribution in [-0.4, -0.2) is 29.7 Å². The summed E-state index contributed by atoms with van der Waals surface area (Å²) in [4.78, 5) is 24.3. The number of carbonyl (C=O) groups excluding carboxylic acids is 2. The van der Waals surface area contributed by atoms with Crippen LogP contribution >= 0.6 is 0 Å². The summed E-state index contributed by atoms with van der Waals surface area (Å²) in [5.41, 5.74) is 0. The third-order valence-corrected chi connectivity index (χ3v) is 2.84. The second-order valence-corrected chi connectivity index (χ2v) is 5.01. The fraction of sp³-hybridized carbons (Fsp3) is 0.833. The highest BCUT2D eigenvalue weighted by Gasteiger charge is 2.26. The molecule has 0 radical (unpaired) electrons. The predicted octanol–water partition coefficient (Wildman–Crippen LogP) is 1.86. The molecular formula is C12H21NO2. The highest BCUT2D eigenvalue weighted by Crippen LogP contribution is 2.24. The maximum Gasteiger partial charge on any atom is 0.223 e. The number of ketones is 1. The average molecular weight is 211 g/mol. The van der Waals surface area contributed by atoms with Gasteiger partial charge in [0.1, 0.15) is 5.78 Å². The topological polar surface area (TPSA) is 37.4 Å². The Morgan fingerprint density at radius 1 is 1.53 bits per heavy atom. The molecule has 1 aliphatic rings. The zero-order valence-corrected chi connectivity index (χ0v) is 9.95. The minimum Gasteiger partial charge on any atom is -0.335 e. The first-order valence-electron chi connectivity index (χ1n) is 5.76. The molecule has 1 aliphatic heterocycles. The standard InChI is InChI=1S/C12H21NO2/c1-9(2)6-11-4-5-13(8-10(3)14)12(15)7-11/h9,11H,4-8H2,1-3H3. The second kappa shape index (κ2) is 5.29. The van der Waals surface area contributed by atoms with Crippen molar-refractivity contribution in [3.63, 3.8) is 0 Å². The van der Waals surface area contributed by atoms with Gasteiger partial charge < -0.3 is 4.90 Å². The number of rotatable bonds is 4. The van der Waals surface area contributed by atoms with Crippen LogP contribution in [0.1, 0.15) is 40.0 Å². The van der Waals surface area contributed by atoms with Crippen molar-refractivity contribution in [2.45, 2.75) is 40.0 Å². The molecule has 1 atom stereocenters. The molecule has 0 aromatic carbocycles. The summed E-state index contributed by atoms with van der Waals surface area (Å²) in [7, 11) is 0. The highest BCUT2D eigenvalue weighted by molar-refractivity contribution is 5.85. The first-order chi connectivity index (χ1) is 6.99. The molecule has 3 nitrogen and oxygen atoms in total. The molecule has 1 fully saturated rings. The Morgan fingerprint density at radius 3 is 2.67 bits per heavy atom. The Morgan fingerprint density at radius 2 is 2.20 bits per heavy atom. The van der Waals surface area contributed by atoms with Crippen LogP contribution in [0.25, 0.3) is 0 Å². The third kappa shape index (κ3) is 4.02. The predicted molar refractivity (Wildman–Crippen MR) is 59.4 cm³/mol. The normalized spacial score (nSPS) is 22.3. The number of nitrogens with zero attached hydrogens (tertiary/aromatic N) is 1. The number of carbonyl (C=O) groups is 2. The van der Waals surface area contributed by atoms with Crippen LogP contribution in [0.2, 0.25) is 0 Å². The van der Waals surface area contributed by atoms with Crippen LogP contribution in [0.5, 0.6) is 0 Å². The average Bonchev–Trinajstić information content (AvgIpc) is 2.08. The van der Waals surface area contributed by atoms with E-state index in [9.17, 15) is 9.59 Å². The summed E-state index contributed by atoms with van der Waals surface area (Å²) in [6.07, 6.45) is 2.81. The van der Waals surface area contributed by atoms with Crippen LogP contribution in [-0.2, 0) is 9.59 Å². The molecule has 1 heterocycles. The SMILES string of the molecule is CC(=O)CN1CCC(CC(C)C)CC1=O. The van der Waals surface area contributed by atoms with E-state index < -0.39 is 0 Å². The Balaban J connectivity index is 2.41. The van der Waals surface area contributed by atoms with Gasteiger partial charge in [-0.1, -0.05) is 13.8 Å². The van der Waals surface area contributed by atoms with E-state index in [-0.39, 0.29) is 11.7 Å². The number of piperidine rings is 1.